The van der Waals surface area contributed by atoms with Gasteiger partial charge in [-0.1, -0.05) is 47.5 Å². The second-order valence-electron chi connectivity index (χ2n) is 6.36. The van der Waals surface area contributed by atoms with Crippen LogP contribution >= 0.6 is 11.6 Å². The number of carbonyl (C=O) groups excluding carboxylic acids is 1. The number of amides is 1. The minimum atomic E-state index is -1.05. The summed E-state index contributed by atoms with van der Waals surface area (Å²) in [5, 5.41) is 15.0. The molecule has 1 atom stereocenters. The van der Waals surface area contributed by atoms with E-state index in [-0.39, 0.29) is 12.1 Å². The van der Waals surface area contributed by atoms with E-state index < -0.39 is 23.5 Å². The second-order valence-corrected chi connectivity index (χ2v) is 6.79. The Morgan fingerprint density at radius 2 is 1.89 bits per heavy atom. The van der Waals surface area contributed by atoms with Crippen molar-refractivity contribution in [3.8, 4) is 5.69 Å². The summed E-state index contributed by atoms with van der Waals surface area (Å²) in [6.07, 6.45) is -0.284. The maximum atomic E-state index is 12.6. The van der Waals surface area contributed by atoms with Gasteiger partial charge in [0.15, 0.2) is 0 Å². The number of nitrogens with one attached hydrogen (secondary N) is 2. The zero-order chi connectivity index (χ0) is 20.3. The van der Waals surface area contributed by atoms with Gasteiger partial charge < -0.3 is 10.4 Å². The van der Waals surface area contributed by atoms with Crippen LogP contribution in [0.5, 0.6) is 0 Å². The maximum Gasteiger partial charge on any atom is 0.305 e. The Bertz CT molecular complexity index is 1070. The van der Waals surface area contributed by atoms with E-state index in [0.29, 0.717) is 16.3 Å². The third kappa shape index (κ3) is 4.50. The minimum absolute atomic E-state index is 0.0208. The highest BCUT2D eigenvalue weighted by Gasteiger charge is 2.20. The molecule has 3 N–H and O–H groups in total. The van der Waals surface area contributed by atoms with Gasteiger partial charge >= 0.3 is 5.97 Å². The molecule has 8 heteroatoms. The molecule has 7 nitrogen and oxygen atoms in total. The molecular weight excluding hydrogens is 382 g/mol. The number of H-pyrrole nitrogens is 1. The summed E-state index contributed by atoms with van der Waals surface area (Å²) in [5.74, 6) is -1.62. The fourth-order valence-electron chi connectivity index (χ4n) is 2.78. The van der Waals surface area contributed by atoms with E-state index >= 15 is 0 Å². The summed E-state index contributed by atoms with van der Waals surface area (Å²) >= 11 is 5.95. The lowest BCUT2D eigenvalue weighted by atomic mass is 10.0. The summed E-state index contributed by atoms with van der Waals surface area (Å²) in [4.78, 5) is 36.1. The Hall–Kier alpha value is -3.32. The van der Waals surface area contributed by atoms with Crippen molar-refractivity contribution in [3.05, 3.63) is 86.8 Å². The highest BCUT2D eigenvalue weighted by atomic mass is 35.5. The van der Waals surface area contributed by atoms with Crippen LogP contribution in [-0.4, -0.2) is 26.8 Å². The van der Waals surface area contributed by atoms with E-state index in [1.165, 1.54) is 4.68 Å². The lowest BCUT2D eigenvalue weighted by molar-refractivity contribution is -0.137. The van der Waals surface area contributed by atoms with Crippen molar-refractivity contribution >= 4 is 23.5 Å². The number of benzene rings is 2. The molecule has 0 radical (unpaired) electrons. The van der Waals surface area contributed by atoms with Crippen LogP contribution in [0.4, 0.5) is 0 Å². The van der Waals surface area contributed by atoms with Crippen LogP contribution in [-0.2, 0) is 4.79 Å². The summed E-state index contributed by atoms with van der Waals surface area (Å²) in [7, 11) is 0. The molecule has 0 saturated carbocycles. The summed E-state index contributed by atoms with van der Waals surface area (Å²) in [6, 6.07) is 14.3. The molecular formula is C20H18ClN3O4. The van der Waals surface area contributed by atoms with Crippen LogP contribution in [0.1, 0.15) is 34.1 Å². The molecule has 3 rings (SSSR count). The van der Waals surface area contributed by atoms with Gasteiger partial charge in [-0.05, 0) is 30.7 Å². The monoisotopic (exact) mass is 399 g/mol. The van der Waals surface area contributed by atoms with E-state index in [1.807, 2.05) is 19.1 Å². The van der Waals surface area contributed by atoms with Gasteiger partial charge in [-0.15, -0.1) is 0 Å². The van der Waals surface area contributed by atoms with Gasteiger partial charge in [-0.25, -0.2) is 4.68 Å². The largest absolute Gasteiger partial charge is 0.481 e. The highest BCUT2D eigenvalue weighted by Crippen LogP contribution is 2.18. The first kappa shape index (κ1) is 19.4. The first-order valence-corrected chi connectivity index (χ1v) is 8.88. The molecule has 0 bridgehead atoms. The first-order valence-electron chi connectivity index (χ1n) is 8.51. The molecule has 1 heterocycles. The van der Waals surface area contributed by atoms with E-state index in [9.17, 15) is 19.5 Å². The number of aliphatic carboxylic acids is 1. The lowest BCUT2D eigenvalue weighted by Crippen LogP contribution is -2.30. The maximum absolute atomic E-state index is 12.6. The van der Waals surface area contributed by atoms with E-state index in [0.717, 1.165) is 11.6 Å². The Balaban J connectivity index is 1.86. The minimum Gasteiger partial charge on any atom is -0.481 e. The zero-order valence-electron chi connectivity index (χ0n) is 15.0. The molecule has 3 aromatic rings. The van der Waals surface area contributed by atoms with Gasteiger partial charge in [0, 0.05) is 11.1 Å². The number of aromatic amines is 1. The SMILES string of the molecule is Cc1ccc([C@H](CC(=O)O)NC(=O)c2cc(=O)n(-c3cccc(Cl)c3)[nH]2)cc1. The normalized spacial score (nSPS) is 11.8. The van der Waals surface area contributed by atoms with Crippen LogP contribution in [0, 0.1) is 6.92 Å². The fourth-order valence-corrected chi connectivity index (χ4v) is 2.97. The molecule has 0 fully saturated rings. The predicted molar refractivity (Wildman–Crippen MR) is 105 cm³/mol. The number of aryl methyl sites for hydroxylation is 1. The molecule has 0 aliphatic heterocycles. The van der Waals surface area contributed by atoms with Gasteiger partial charge in [-0.3, -0.25) is 19.5 Å². The van der Waals surface area contributed by atoms with Crippen molar-refractivity contribution in [2.75, 3.05) is 0 Å². The van der Waals surface area contributed by atoms with Crippen molar-refractivity contribution in [2.24, 2.45) is 0 Å². The van der Waals surface area contributed by atoms with Crippen LogP contribution in [0.3, 0.4) is 0 Å². The van der Waals surface area contributed by atoms with Gasteiger partial charge in [0.25, 0.3) is 11.5 Å². The van der Waals surface area contributed by atoms with E-state index in [4.69, 9.17) is 11.6 Å². The molecule has 1 amide bonds. The number of hydrogen-bond acceptors (Lipinski definition) is 3. The molecule has 0 saturated heterocycles. The molecule has 144 valence electrons. The number of hydrogen-bond donors (Lipinski definition) is 3. The van der Waals surface area contributed by atoms with Crippen LogP contribution in [0.2, 0.25) is 5.02 Å². The van der Waals surface area contributed by atoms with Crippen molar-refractivity contribution in [1.82, 2.24) is 15.1 Å². The zero-order valence-corrected chi connectivity index (χ0v) is 15.7. The number of carbonyl (C=O) groups is 2. The van der Waals surface area contributed by atoms with Crippen LogP contribution < -0.4 is 10.9 Å². The third-order valence-electron chi connectivity index (χ3n) is 4.20. The average Bonchev–Trinajstić information content (AvgIpc) is 3.03. The predicted octanol–water partition coefficient (Wildman–Crippen LogP) is 3.07. The molecule has 28 heavy (non-hydrogen) atoms. The number of nitrogens with zero attached hydrogens (tertiary/aromatic N) is 1. The van der Waals surface area contributed by atoms with Gasteiger partial charge in [0.1, 0.15) is 5.69 Å². The Morgan fingerprint density at radius 3 is 2.54 bits per heavy atom. The number of rotatable bonds is 6. The molecule has 0 aliphatic carbocycles. The molecule has 1 aromatic heterocycles. The molecule has 0 unspecified atom stereocenters. The number of halogens is 1. The topological polar surface area (TPSA) is 104 Å². The van der Waals surface area contributed by atoms with Crippen molar-refractivity contribution in [3.63, 3.8) is 0 Å². The van der Waals surface area contributed by atoms with Crippen molar-refractivity contribution in [2.45, 2.75) is 19.4 Å². The summed E-state index contributed by atoms with van der Waals surface area (Å²) in [6.45, 7) is 1.91. The van der Waals surface area contributed by atoms with E-state index in [2.05, 4.69) is 10.4 Å². The molecule has 0 spiro atoms. The Kier molecular flexibility index (Phi) is 5.65. The smallest absolute Gasteiger partial charge is 0.305 e. The number of carboxylic acid groups (broad SMARTS) is 1. The second kappa shape index (κ2) is 8.14. The quantitative estimate of drug-likeness (QED) is 0.592. The Labute approximate surface area is 165 Å². The van der Waals surface area contributed by atoms with Crippen molar-refractivity contribution in [1.29, 1.82) is 0 Å². The number of carboxylic acids is 1. The van der Waals surface area contributed by atoms with Gasteiger partial charge in [0.05, 0.1) is 18.2 Å². The van der Waals surface area contributed by atoms with Gasteiger partial charge in [0.2, 0.25) is 0 Å². The lowest BCUT2D eigenvalue weighted by Gasteiger charge is -2.17. The standard InChI is InChI=1S/C20H18ClN3O4/c1-12-5-7-13(8-6-12)16(11-19(26)27)22-20(28)17-10-18(25)24(23-17)15-4-2-3-14(21)9-15/h2-10,16,23H,11H2,1H3,(H,22,28)(H,26,27)/t16-/m0/s1. The van der Waals surface area contributed by atoms with E-state index in [1.54, 1.807) is 36.4 Å². The average molecular weight is 400 g/mol. The van der Waals surface area contributed by atoms with Crippen LogP contribution in [0.15, 0.2) is 59.4 Å². The number of aromatic nitrogens is 2. The summed E-state index contributed by atoms with van der Waals surface area (Å²) in [5.41, 5.74) is 1.76. The Morgan fingerprint density at radius 1 is 1.18 bits per heavy atom. The molecule has 2 aromatic carbocycles. The third-order valence-corrected chi connectivity index (χ3v) is 4.43. The van der Waals surface area contributed by atoms with Crippen molar-refractivity contribution < 1.29 is 14.7 Å². The fraction of sp³-hybridized carbons (Fsp3) is 0.150. The summed E-state index contributed by atoms with van der Waals surface area (Å²) < 4.78 is 1.19. The van der Waals surface area contributed by atoms with Crippen LogP contribution in [0.25, 0.3) is 5.69 Å². The molecule has 0 aliphatic rings. The van der Waals surface area contributed by atoms with Gasteiger partial charge in [-0.2, -0.15) is 0 Å². The highest BCUT2D eigenvalue weighted by molar-refractivity contribution is 6.30. The first-order chi connectivity index (χ1) is 13.3.